The number of rotatable bonds is 6. The maximum atomic E-state index is 9.03. The van der Waals surface area contributed by atoms with Gasteiger partial charge in [-0.1, -0.05) is 0 Å². The molecule has 1 saturated heterocycles. The van der Waals surface area contributed by atoms with Gasteiger partial charge in [-0.2, -0.15) is 5.10 Å². The van der Waals surface area contributed by atoms with Crippen LogP contribution in [0.3, 0.4) is 0 Å². The molecule has 3 rings (SSSR count). The Bertz CT molecular complexity index is 662. The molecule has 23 heavy (non-hydrogen) atoms. The zero-order valence-corrected chi connectivity index (χ0v) is 14.0. The molecule has 3 heterocycles. The zero-order valence-electron chi connectivity index (χ0n) is 14.0. The van der Waals surface area contributed by atoms with Crippen molar-refractivity contribution in [2.45, 2.75) is 39.5 Å². The highest BCUT2D eigenvalue weighted by Crippen LogP contribution is 2.37. The van der Waals surface area contributed by atoms with Crippen molar-refractivity contribution in [2.24, 2.45) is 13.0 Å². The van der Waals surface area contributed by atoms with Crippen LogP contribution in [0.25, 0.3) is 0 Å². The van der Waals surface area contributed by atoms with E-state index in [1.807, 2.05) is 24.7 Å². The Morgan fingerprint density at radius 3 is 2.78 bits per heavy atom. The van der Waals surface area contributed by atoms with Crippen LogP contribution in [-0.4, -0.2) is 28.0 Å². The Hall–Kier alpha value is -1.63. The van der Waals surface area contributed by atoms with E-state index >= 15 is 0 Å². The molecule has 1 fully saturated rings. The van der Waals surface area contributed by atoms with Gasteiger partial charge in [0.2, 0.25) is 0 Å². The van der Waals surface area contributed by atoms with E-state index in [-0.39, 0.29) is 12.7 Å². The van der Waals surface area contributed by atoms with E-state index in [4.69, 9.17) is 14.3 Å². The van der Waals surface area contributed by atoms with Crippen LogP contribution < -0.4 is 5.32 Å². The van der Waals surface area contributed by atoms with Gasteiger partial charge in [0.05, 0.1) is 18.3 Å². The molecule has 0 saturated carbocycles. The number of ether oxygens (including phenoxy) is 1. The van der Waals surface area contributed by atoms with Crippen molar-refractivity contribution >= 4 is 0 Å². The molecule has 6 heteroatoms. The van der Waals surface area contributed by atoms with Crippen molar-refractivity contribution in [1.29, 1.82) is 0 Å². The molecule has 6 nitrogen and oxygen atoms in total. The summed E-state index contributed by atoms with van der Waals surface area (Å²) in [5.74, 6) is 1.88. The van der Waals surface area contributed by atoms with Gasteiger partial charge in [-0.3, -0.25) is 4.68 Å². The van der Waals surface area contributed by atoms with Crippen molar-refractivity contribution in [2.75, 3.05) is 13.2 Å². The molecule has 0 radical (unpaired) electrons. The number of nitrogens with zero attached hydrogens (tertiary/aromatic N) is 2. The molecule has 2 aromatic heterocycles. The summed E-state index contributed by atoms with van der Waals surface area (Å²) >= 11 is 0. The van der Waals surface area contributed by atoms with E-state index in [1.165, 1.54) is 11.3 Å². The van der Waals surface area contributed by atoms with Gasteiger partial charge in [0.1, 0.15) is 18.1 Å². The monoisotopic (exact) mass is 319 g/mol. The second-order valence-electron chi connectivity index (χ2n) is 6.21. The van der Waals surface area contributed by atoms with E-state index in [2.05, 4.69) is 17.3 Å². The maximum absolute atomic E-state index is 9.03. The second-order valence-corrected chi connectivity index (χ2v) is 6.21. The smallest absolute Gasteiger partial charge is 0.129 e. The van der Waals surface area contributed by atoms with Crippen molar-refractivity contribution in [3.63, 3.8) is 0 Å². The highest BCUT2D eigenvalue weighted by Gasteiger charge is 2.33. The van der Waals surface area contributed by atoms with Crippen LogP contribution in [0.5, 0.6) is 0 Å². The fraction of sp³-hybridized carbons (Fsp3) is 0.588. The molecular weight excluding hydrogens is 294 g/mol. The number of furan rings is 1. The van der Waals surface area contributed by atoms with Gasteiger partial charge >= 0.3 is 0 Å². The Morgan fingerprint density at radius 1 is 1.35 bits per heavy atom. The Balaban J connectivity index is 1.61. The standard InChI is InChI=1S/C17H25N3O3/c1-11-16(12(2)20(3)19-11)17-13(6-7-22-17)8-18-9-14-4-5-15(10-21)23-14/h4-5,13,17-18,21H,6-10H2,1-3H3/t13-,17+/m0/s1. The quantitative estimate of drug-likeness (QED) is 0.852. The third-order valence-corrected chi connectivity index (χ3v) is 4.64. The minimum Gasteiger partial charge on any atom is -0.462 e. The van der Waals surface area contributed by atoms with Gasteiger partial charge in [0.25, 0.3) is 0 Å². The van der Waals surface area contributed by atoms with Crippen molar-refractivity contribution in [1.82, 2.24) is 15.1 Å². The summed E-state index contributed by atoms with van der Waals surface area (Å²) in [6, 6.07) is 3.71. The van der Waals surface area contributed by atoms with Gasteiger partial charge in [-0.25, -0.2) is 0 Å². The third-order valence-electron chi connectivity index (χ3n) is 4.64. The van der Waals surface area contributed by atoms with Crippen LogP contribution >= 0.6 is 0 Å². The van der Waals surface area contributed by atoms with Crippen LogP contribution in [0.2, 0.25) is 0 Å². The first kappa shape index (κ1) is 16.2. The fourth-order valence-electron chi connectivity index (χ4n) is 3.35. The molecule has 2 atom stereocenters. The van der Waals surface area contributed by atoms with Crippen LogP contribution in [0, 0.1) is 19.8 Å². The SMILES string of the molecule is Cc1nn(C)c(C)c1[C@@H]1OCC[C@H]1CNCc1ccc(CO)o1. The molecule has 0 unspecified atom stereocenters. The number of aliphatic hydroxyl groups excluding tert-OH is 1. The zero-order chi connectivity index (χ0) is 16.4. The summed E-state index contributed by atoms with van der Waals surface area (Å²) in [6.07, 6.45) is 1.16. The van der Waals surface area contributed by atoms with Crippen LogP contribution in [0.1, 0.15) is 41.0 Å². The van der Waals surface area contributed by atoms with Gasteiger partial charge < -0.3 is 19.6 Å². The largest absolute Gasteiger partial charge is 0.462 e. The van der Waals surface area contributed by atoms with Gasteiger partial charge in [-0.15, -0.1) is 0 Å². The molecule has 2 aromatic rings. The average molecular weight is 319 g/mol. The number of hydrogen-bond acceptors (Lipinski definition) is 5. The summed E-state index contributed by atoms with van der Waals surface area (Å²) in [7, 11) is 1.98. The van der Waals surface area contributed by atoms with E-state index in [0.29, 0.717) is 18.2 Å². The molecule has 1 aliphatic heterocycles. The third kappa shape index (κ3) is 3.34. The predicted molar refractivity (Wildman–Crippen MR) is 85.8 cm³/mol. The van der Waals surface area contributed by atoms with Crippen LogP contribution in [0.15, 0.2) is 16.5 Å². The first-order valence-electron chi connectivity index (χ1n) is 8.11. The summed E-state index contributed by atoms with van der Waals surface area (Å²) in [5, 5.41) is 17.0. The summed E-state index contributed by atoms with van der Waals surface area (Å²) < 4.78 is 13.4. The highest BCUT2D eigenvalue weighted by atomic mass is 16.5. The predicted octanol–water partition coefficient (Wildman–Crippen LogP) is 1.99. The molecule has 0 bridgehead atoms. The average Bonchev–Trinajstić information content (AvgIpc) is 3.21. The number of aromatic nitrogens is 2. The number of hydrogen-bond donors (Lipinski definition) is 2. The van der Waals surface area contributed by atoms with Crippen molar-refractivity contribution in [3.05, 3.63) is 40.6 Å². The van der Waals surface area contributed by atoms with E-state index in [1.54, 1.807) is 6.07 Å². The van der Waals surface area contributed by atoms with Gasteiger partial charge in [0.15, 0.2) is 0 Å². The molecule has 1 aliphatic rings. The molecule has 2 N–H and O–H groups in total. The lowest BCUT2D eigenvalue weighted by Gasteiger charge is -2.19. The molecular formula is C17H25N3O3. The summed E-state index contributed by atoms with van der Waals surface area (Å²) in [6.45, 7) is 6.41. The lowest BCUT2D eigenvalue weighted by atomic mass is 9.94. The highest BCUT2D eigenvalue weighted by molar-refractivity contribution is 5.28. The maximum Gasteiger partial charge on any atom is 0.129 e. The Labute approximate surface area is 136 Å². The minimum absolute atomic E-state index is 0.0574. The summed E-state index contributed by atoms with van der Waals surface area (Å²) in [5.41, 5.74) is 3.47. The number of aryl methyl sites for hydroxylation is 2. The fourth-order valence-corrected chi connectivity index (χ4v) is 3.35. The van der Waals surface area contributed by atoms with E-state index < -0.39 is 0 Å². The second kappa shape index (κ2) is 6.86. The lowest BCUT2D eigenvalue weighted by molar-refractivity contribution is 0.0892. The minimum atomic E-state index is -0.0574. The molecule has 126 valence electrons. The molecule has 0 spiro atoms. The molecule has 0 aliphatic carbocycles. The topological polar surface area (TPSA) is 72.5 Å². The lowest BCUT2D eigenvalue weighted by Crippen LogP contribution is -2.25. The first-order valence-corrected chi connectivity index (χ1v) is 8.11. The normalized spacial score (nSPS) is 21.2. The van der Waals surface area contributed by atoms with Gasteiger partial charge in [0, 0.05) is 37.4 Å². The number of nitrogens with one attached hydrogen (secondary N) is 1. The van der Waals surface area contributed by atoms with Crippen molar-refractivity contribution < 1.29 is 14.3 Å². The van der Waals surface area contributed by atoms with Crippen LogP contribution in [0.4, 0.5) is 0 Å². The van der Waals surface area contributed by atoms with Gasteiger partial charge in [-0.05, 0) is 32.4 Å². The van der Waals surface area contributed by atoms with E-state index in [0.717, 1.165) is 31.0 Å². The Kier molecular flexibility index (Phi) is 4.84. The van der Waals surface area contributed by atoms with Crippen molar-refractivity contribution in [3.8, 4) is 0 Å². The van der Waals surface area contributed by atoms with E-state index in [9.17, 15) is 0 Å². The Morgan fingerprint density at radius 2 is 2.13 bits per heavy atom. The van der Waals surface area contributed by atoms with Crippen LogP contribution in [-0.2, 0) is 24.9 Å². The molecule has 0 amide bonds. The summed E-state index contributed by atoms with van der Waals surface area (Å²) in [4.78, 5) is 0. The molecule has 0 aromatic carbocycles. The number of aliphatic hydroxyl groups is 1. The first-order chi connectivity index (χ1) is 11.1.